The maximum Gasteiger partial charge on any atom is 0.252 e. The number of carbonyl (C=O) groups excluding carboxylic acids is 1. The van der Waals surface area contributed by atoms with Gasteiger partial charge >= 0.3 is 0 Å². The Kier molecular flexibility index (Phi) is 3.79. The summed E-state index contributed by atoms with van der Waals surface area (Å²) in [6.07, 6.45) is 0.954. The number of nitrogens with one attached hydrogen (secondary N) is 1. The minimum atomic E-state index is -0.169. The first-order valence-corrected chi connectivity index (χ1v) is 6.49. The quantitative estimate of drug-likeness (QED) is 0.856. The van der Waals surface area contributed by atoms with Crippen molar-refractivity contribution in [3.8, 4) is 0 Å². The van der Waals surface area contributed by atoms with Crippen LogP contribution in [0.15, 0.2) is 16.8 Å². The highest BCUT2D eigenvalue weighted by Crippen LogP contribution is 2.27. The molecule has 0 bridgehead atoms. The van der Waals surface area contributed by atoms with Crippen molar-refractivity contribution >= 4 is 17.2 Å². The fourth-order valence-electron chi connectivity index (χ4n) is 2.14. The Morgan fingerprint density at radius 2 is 1.94 bits per heavy atom. The first-order chi connectivity index (χ1) is 7.20. The summed E-state index contributed by atoms with van der Waals surface area (Å²) in [5.41, 5.74) is 0.801. The molecule has 1 aromatic heterocycles. The van der Waals surface area contributed by atoms with E-state index in [1.807, 2.05) is 16.8 Å². The number of rotatable bonds is 3. The zero-order chi connectivity index (χ0) is 12.4. The molecule has 1 rings (SSSR count). The molecule has 0 saturated carbocycles. The summed E-state index contributed by atoms with van der Waals surface area (Å²) in [4.78, 5) is 11.9. The van der Waals surface area contributed by atoms with Gasteiger partial charge in [0.15, 0.2) is 0 Å². The second-order valence-electron chi connectivity index (χ2n) is 6.09. The Hall–Kier alpha value is -0.830. The molecule has 0 aliphatic rings. The molecule has 0 fully saturated rings. The summed E-state index contributed by atoms with van der Waals surface area (Å²) in [6, 6.07) is 1.85. The summed E-state index contributed by atoms with van der Waals surface area (Å²) in [5, 5.41) is 6.88. The average molecular weight is 239 g/mol. The lowest BCUT2D eigenvalue weighted by atomic mass is 9.81. The van der Waals surface area contributed by atoms with Crippen LogP contribution in [0.4, 0.5) is 0 Å². The SMILES string of the molecule is CC(C)(C)CC(C)(C)NC(=O)c1ccsc1. The molecule has 0 aliphatic heterocycles. The molecule has 1 aromatic rings. The van der Waals surface area contributed by atoms with E-state index in [2.05, 4.69) is 39.9 Å². The molecular formula is C13H21NOS. The number of hydrogen-bond donors (Lipinski definition) is 1. The molecule has 0 unspecified atom stereocenters. The molecule has 0 radical (unpaired) electrons. The van der Waals surface area contributed by atoms with Crippen molar-refractivity contribution in [2.24, 2.45) is 5.41 Å². The Morgan fingerprint density at radius 1 is 1.31 bits per heavy atom. The van der Waals surface area contributed by atoms with Crippen LogP contribution < -0.4 is 5.32 Å². The van der Waals surface area contributed by atoms with Gasteiger partial charge in [0.05, 0.1) is 5.56 Å². The maximum absolute atomic E-state index is 11.9. The van der Waals surface area contributed by atoms with Gasteiger partial charge in [-0.05, 0) is 37.1 Å². The van der Waals surface area contributed by atoms with E-state index in [4.69, 9.17) is 0 Å². The summed E-state index contributed by atoms with van der Waals surface area (Å²) in [5.74, 6) is 0.0236. The fraction of sp³-hybridized carbons (Fsp3) is 0.615. The minimum absolute atomic E-state index is 0.0236. The molecule has 0 aromatic carbocycles. The Morgan fingerprint density at radius 3 is 2.38 bits per heavy atom. The molecule has 1 amide bonds. The van der Waals surface area contributed by atoms with E-state index in [1.54, 1.807) is 11.3 Å². The molecule has 0 saturated heterocycles. The number of thiophene rings is 1. The highest BCUT2D eigenvalue weighted by Gasteiger charge is 2.27. The van der Waals surface area contributed by atoms with E-state index >= 15 is 0 Å². The van der Waals surface area contributed by atoms with Crippen molar-refractivity contribution in [3.05, 3.63) is 22.4 Å². The first kappa shape index (κ1) is 13.2. The zero-order valence-electron chi connectivity index (χ0n) is 10.8. The van der Waals surface area contributed by atoms with Crippen molar-refractivity contribution in [2.75, 3.05) is 0 Å². The summed E-state index contributed by atoms with van der Waals surface area (Å²) >= 11 is 1.55. The van der Waals surface area contributed by atoms with Crippen molar-refractivity contribution in [3.63, 3.8) is 0 Å². The second kappa shape index (κ2) is 4.58. The number of hydrogen-bond acceptors (Lipinski definition) is 2. The molecule has 0 atom stereocenters. The van der Waals surface area contributed by atoms with Crippen LogP contribution >= 0.6 is 11.3 Å². The molecule has 1 N–H and O–H groups in total. The van der Waals surface area contributed by atoms with Crippen molar-refractivity contribution in [2.45, 2.75) is 46.6 Å². The van der Waals surface area contributed by atoms with Crippen LogP contribution in [0.2, 0.25) is 0 Å². The van der Waals surface area contributed by atoms with Gasteiger partial charge in [-0.2, -0.15) is 11.3 Å². The van der Waals surface area contributed by atoms with Gasteiger partial charge in [-0.3, -0.25) is 4.79 Å². The predicted octanol–water partition coefficient (Wildman–Crippen LogP) is 3.69. The summed E-state index contributed by atoms with van der Waals surface area (Å²) in [6.45, 7) is 10.7. The minimum Gasteiger partial charge on any atom is -0.347 e. The first-order valence-electron chi connectivity index (χ1n) is 5.54. The molecule has 1 heterocycles. The van der Waals surface area contributed by atoms with Crippen LogP contribution in [0, 0.1) is 5.41 Å². The van der Waals surface area contributed by atoms with E-state index in [-0.39, 0.29) is 16.9 Å². The van der Waals surface area contributed by atoms with Crippen LogP contribution in [0.5, 0.6) is 0 Å². The molecule has 16 heavy (non-hydrogen) atoms. The summed E-state index contributed by atoms with van der Waals surface area (Å²) in [7, 11) is 0. The van der Waals surface area contributed by atoms with Gasteiger partial charge in [0, 0.05) is 10.9 Å². The van der Waals surface area contributed by atoms with E-state index < -0.39 is 0 Å². The van der Waals surface area contributed by atoms with Crippen LogP contribution in [0.25, 0.3) is 0 Å². The molecule has 2 nitrogen and oxygen atoms in total. The van der Waals surface area contributed by atoms with Crippen LogP contribution in [0.1, 0.15) is 51.4 Å². The van der Waals surface area contributed by atoms with Gasteiger partial charge in [-0.25, -0.2) is 0 Å². The average Bonchev–Trinajstić information content (AvgIpc) is 2.48. The van der Waals surface area contributed by atoms with Gasteiger partial charge in [-0.15, -0.1) is 0 Å². The lowest BCUT2D eigenvalue weighted by molar-refractivity contribution is 0.0892. The van der Waals surface area contributed by atoms with E-state index in [9.17, 15) is 4.79 Å². The van der Waals surface area contributed by atoms with Gasteiger partial charge in [0.2, 0.25) is 0 Å². The monoisotopic (exact) mass is 239 g/mol. The molecule has 90 valence electrons. The molecule has 0 spiro atoms. The lowest BCUT2D eigenvalue weighted by Crippen LogP contribution is -2.45. The highest BCUT2D eigenvalue weighted by atomic mass is 32.1. The topological polar surface area (TPSA) is 29.1 Å². The fourth-order valence-corrected chi connectivity index (χ4v) is 2.78. The Bertz CT molecular complexity index is 347. The van der Waals surface area contributed by atoms with Gasteiger partial charge in [-0.1, -0.05) is 20.8 Å². The second-order valence-corrected chi connectivity index (χ2v) is 6.87. The van der Waals surface area contributed by atoms with Gasteiger partial charge < -0.3 is 5.32 Å². The summed E-state index contributed by atoms with van der Waals surface area (Å²) < 4.78 is 0. The van der Waals surface area contributed by atoms with Crippen LogP contribution in [0.3, 0.4) is 0 Å². The van der Waals surface area contributed by atoms with Crippen molar-refractivity contribution in [1.29, 1.82) is 0 Å². The van der Waals surface area contributed by atoms with E-state index in [0.29, 0.717) is 0 Å². The van der Waals surface area contributed by atoms with Gasteiger partial charge in [0.1, 0.15) is 0 Å². The van der Waals surface area contributed by atoms with Crippen molar-refractivity contribution in [1.82, 2.24) is 5.32 Å². The third-order valence-corrected chi connectivity index (χ3v) is 2.89. The maximum atomic E-state index is 11.9. The highest BCUT2D eigenvalue weighted by molar-refractivity contribution is 7.08. The van der Waals surface area contributed by atoms with E-state index in [1.165, 1.54) is 0 Å². The zero-order valence-corrected chi connectivity index (χ0v) is 11.6. The molecule has 3 heteroatoms. The number of amides is 1. The smallest absolute Gasteiger partial charge is 0.252 e. The standard InChI is InChI=1S/C13H21NOS/c1-12(2,3)9-13(4,5)14-11(15)10-6-7-16-8-10/h6-8H,9H2,1-5H3,(H,14,15). The van der Waals surface area contributed by atoms with Crippen molar-refractivity contribution < 1.29 is 4.79 Å². The largest absolute Gasteiger partial charge is 0.347 e. The third kappa shape index (κ3) is 4.35. The number of carbonyl (C=O) groups is 1. The Labute approximate surface area is 102 Å². The molecular weight excluding hydrogens is 218 g/mol. The third-order valence-electron chi connectivity index (χ3n) is 2.21. The predicted molar refractivity (Wildman–Crippen MR) is 69.9 cm³/mol. The Balaban J connectivity index is 2.63. The van der Waals surface area contributed by atoms with Crippen LogP contribution in [-0.2, 0) is 0 Å². The normalized spacial score (nSPS) is 12.6. The van der Waals surface area contributed by atoms with Crippen LogP contribution in [-0.4, -0.2) is 11.4 Å². The van der Waals surface area contributed by atoms with Gasteiger partial charge in [0.25, 0.3) is 5.91 Å². The molecule has 0 aliphatic carbocycles. The lowest BCUT2D eigenvalue weighted by Gasteiger charge is -2.33. The van der Waals surface area contributed by atoms with E-state index in [0.717, 1.165) is 12.0 Å².